The molecule has 0 bridgehead atoms. The molecule has 5 heteroatoms. The van der Waals surface area contributed by atoms with Gasteiger partial charge >= 0.3 is 0 Å². The average Bonchev–Trinajstić information content (AvgIpc) is 3.08. The minimum Gasteiger partial charge on any atom is -0.274 e. The van der Waals surface area contributed by atoms with E-state index in [0.717, 1.165) is 42.3 Å². The van der Waals surface area contributed by atoms with Gasteiger partial charge < -0.3 is 0 Å². The van der Waals surface area contributed by atoms with Gasteiger partial charge in [0.25, 0.3) is 0 Å². The van der Waals surface area contributed by atoms with Gasteiger partial charge in [0.1, 0.15) is 37.8 Å². The van der Waals surface area contributed by atoms with Gasteiger partial charge in [0.05, 0.1) is 5.56 Å². The highest BCUT2D eigenvalue weighted by atomic mass is 35.5. The molecule has 3 aromatic rings. The molecule has 4 rings (SSSR count). The fourth-order valence-electron chi connectivity index (χ4n) is 4.13. The zero-order valence-electron chi connectivity index (χ0n) is 15.5. The minimum atomic E-state index is -0.221. The lowest BCUT2D eigenvalue weighted by molar-refractivity contribution is -1.09. The van der Waals surface area contributed by atoms with Crippen molar-refractivity contribution in [1.29, 1.82) is 0 Å². The monoisotopic (exact) mass is 400 g/mol. The molecule has 0 spiro atoms. The second kappa shape index (κ2) is 8.39. The number of rotatable bonds is 5. The van der Waals surface area contributed by atoms with E-state index < -0.39 is 0 Å². The van der Waals surface area contributed by atoms with Crippen LogP contribution in [0.15, 0.2) is 72.8 Å². The van der Waals surface area contributed by atoms with Crippen molar-refractivity contribution in [3.8, 4) is 0 Å². The molecule has 0 radical (unpaired) electrons. The predicted octanol–water partition coefficient (Wildman–Crippen LogP) is 2.80. The normalized spacial score (nSPS) is 21.8. The van der Waals surface area contributed by atoms with E-state index in [1.807, 2.05) is 36.4 Å². The van der Waals surface area contributed by atoms with Crippen molar-refractivity contribution in [2.75, 3.05) is 13.1 Å². The lowest BCUT2D eigenvalue weighted by Gasteiger charge is -2.25. The second-order valence-corrected chi connectivity index (χ2v) is 7.84. The van der Waals surface area contributed by atoms with Crippen LogP contribution in [0.2, 0.25) is 5.02 Å². The largest absolute Gasteiger partial charge is 0.274 e. The van der Waals surface area contributed by atoms with E-state index in [2.05, 4.69) is 12.1 Å². The second-order valence-electron chi connectivity index (χ2n) is 7.41. The summed E-state index contributed by atoms with van der Waals surface area (Å²) in [6, 6.07) is 21.5. The van der Waals surface area contributed by atoms with Crippen molar-refractivity contribution in [3.05, 3.63) is 106 Å². The van der Waals surface area contributed by atoms with Gasteiger partial charge in [-0.05, 0) is 48.5 Å². The Kier molecular flexibility index (Phi) is 5.72. The van der Waals surface area contributed by atoms with Crippen molar-refractivity contribution in [2.24, 2.45) is 0 Å². The van der Waals surface area contributed by atoms with Gasteiger partial charge in [0.15, 0.2) is 0 Å². The van der Waals surface area contributed by atoms with Crippen LogP contribution in [0.25, 0.3) is 0 Å². The van der Waals surface area contributed by atoms with Crippen LogP contribution in [0.5, 0.6) is 0 Å². The lowest BCUT2D eigenvalue weighted by Crippen LogP contribution is -3.22. The Balaban J connectivity index is 1.59. The fraction of sp³-hybridized carbons (Fsp3) is 0.217. The fourth-order valence-corrected chi connectivity index (χ4v) is 4.26. The van der Waals surface area contributed by atoms with E-state index in [1.165, 1.54) is 39.6 Å². The molecule has 0 saturated carbocycles. The van der Waals surface area contributed by atoms with Crippen LogP contribution in [0.4, 0.5) is 8.78 Å². The summed E-state index contributed by atoms with van der Waals surface area (Å²) >= 11 is 6.02. The lowest BCUT2D eigenvalue weighted by atomic mass is 10.1. The highest BCUT2D eigenvalue weighted by molar-refractivity contribution is 6.30. The molecule has 1 heterocycles. The van der Waals surface area contributed by atoms with Gasteiger partial charge in [0, 0.05) is 16.1 Å². The Bertz CT molecular complexity index is 855. The van der Waals surface area contributed by atoms with Crippen LogP contribution in [0.1, 0.15) is 22.9 Å². The molecule has 1 aliphatic heterocycles. The molecule has 3 unspecified atom stereocenters. The first kappa shape index (κ1) is 19.1. The molecule has 0 aromatic heterocycles. The summed E-state index contributed by atoms with van der Waals surface area (Å²) in [5.41, 5.74) is 3.46. The topological polar surface area (TPSA) is 8.88 Å². The maximum Gasteiger partial charge on any atom is 0.241 e. The Morgan fingerprint density at radius 2 is 1.11 bits per heavy atom. The predicted molar refractivity (Wildman–Crippen MR) is 106 cm³/mol. The van der Waals surface area contributed by atoms with E-state index in [9.17, 15) is 8.78 Å². The zero-order valence-corrected chi connectivity index (χ0v) is 16.2. The molecule has 0 amide bonds. The van der Waals surface area contributed by atoms with Crippen molar-refractivity contribution in [1.82, 2.24) is 0 Å². The summed E-state index contributed by atoms with van der Waals surface area (Å²) in [6.07, 6.45) is 0.196. The van der Waals surface area contributed by atoms with Gasteiger partial charge in [-0.2, -0.15) is 0 Å². The van der Waals surface area contributed by atoms with E-state index in [4.69, 9.17) is 11.6 Å². The Hall–Kier alpha value is -2.27. The number of benzene rings is 3. The first-order chi connectivity index (χ1) is 13.6. The standard InChI is InChI=1S/C23H21ClF2N2/c24-20-7-1-17(2-8-20)15-27-13-14-28(16-18-3-9-21(25)10-4-18)23(27)19-5-11-22(26)12-6-19/h1-12,23H,13-16H2/p+2. The third-order valence-electron chi connectivity index (χ3n) is 5.48. The highest BCUT2D eigenvalue weighted by Crippen LogP contribution is 2.12. The van der Waals surface area contributed by atoms with Gasteiger partial charge in [-0.3, -0.25) is 9.80 Å². The molecule has 3 atom stereocenters. The first-order valence-electron chi connectivity index (χ1n) is 9.52. The van der Waals surface area contributed by atoms with Crippen LogP contribution in [-0.4, -0.2) is 13.1 Å². The third-order valence-corrected chi connectivity index (χ3v) is 5.73. The van der Waals surface area contributed by atoms with Crippen molar-refractivity contribution >= 4 is 11.6 Å². The van der Waals surface area contributed by atoms with Gasteiger partial charge in [-0.25, -0.2) is 8.78 Å². The molecule has 1 aliphatic rings. The molecular formula is C23H23ClF2N2+2. The molecule has 1 fully saturated rings. The number of nitrogens with one attached hydrogen (secondary N) is 2. The number of hydrogen-bond donors (Lipinski definition) is 2. The Morgan fingerprint density at radius 1 is 0.679 bits per heavy atom. The maximum absolute atomic E-state index is 13.5. The van der Waals surface area contributed by atoms with Crippen LogP contribution < -0.4 is 9.80 Å². The Labute approximate surface area is 169 Å². The summed E-state index contributed by atoms with van der Waals surface area (Å²) in [5, 5.41) is 0.735. The number of hydrogen-bond acceptors (Lipinski definition) is 0. The molecule has 2 nitrogen and oxygen atoms in total. The van der Waals surface area contributed by atoms with Crippen molar-refractivity contribution in [3.63, 3.8) is 0 Å². The van der Waals surface area contributed by atoms with E-state index in [1.54, 1.807) is 0 Å². The summed E-state index contributed by atoms with van der Waals surface area (Å²) in [6.45, 7) is 3.71. The quantitative estimate of drug-likeness (QED) is 0.651. The minimum absolute atomic E-state index is 0.196. The molecule has 144 valence electrons. The number of quaternary nitrogens is 2. The van der Waals surface area contributed by atoms with Crippen LogP contribution in [0.3, 0.4) is 0 Å². The molecule has 1 saturated heterocycles. The maximum atomic E-state index is 13.5. The van der Waals surface area contributed by atoms with Crippen molar-refractivity contribution < 1.29 is 18.6 Å². The summed E-state index contributed by atoms with van der Waals surface area (Å²) in [4.78, 5) is 2.84. The molecule has 2 N–H and O–H groups in total. The molecular weight excluding hydrogens is 378 g/mol. The Morgan fingerprint density at radius 3 is 1.61 bits per heavy atom. The van der Waals surface area contributed by atoms with Crippen LogP contribution in [-0.2, 0) is 13.1 Å². The summed E-state index contributed by atoms with van der Waals surface area (Å²) < 4.78 is 26.7. The molecule has 0 aliphatic carbocycles. The number of halogens is 3. The average molecular weight is 401 g/mol. The smallest absolute Gasteiger partial charge is 0.241 e. The van der Waals surface area contributed by atoms with Crippen LogP contribution >= 0.6 is 11.6 Å². The zero-order chi connectivity index (χ0) is 19.5. The van der Waals surface area contributed by atoms with E-state index in [-0.39, 0.29) is 17.8 Å². The molecule has 28 heavy (non-hydrogen) atoms. The highest BCUT2D eigenvalue weighted by Gasteiger charge is 2.40. The first-order valence-corrected chi connectivity index (χ1v) is 9.90. The van der Waals surface area contributed by atoms with Gasteiger partial charge in [-0.1, -0.05) is 35.9 Å². The summed E-state index contributed by atoms with van der Waals surface area (Å²) in [7, 11) is 0. The van der Waals surface area contributed by atoms with Gasteiger partial charge in [0.2, 0.25) is 6.17 Å². The van der Waals surface area contributed by atoms with E-state index >= 15 is 0 Å². The third kappa shape index (κ3) is 4.41. The van der Waals surface area contributed by atoms with Crippen molar-refractivity contribution in [2.45, 2.75) is 19.3 Å². The van der Waals surface area contributed by atoms with Crippen LogP contribution in [0, 0.1) is 11.6 Å². The van der Waals surface area contributed by atoms with E-state index in [0.29, 0.717) is 0 Å². The van der Waals surface area contributed by atoms with Gasteiger partial charge in [-0.15, -0.1) is 0 Å². The molecule has 3 aromatic carbocycles. The summed E-state index contributed by atoms with van der Waals surface area (Å²) in [5.74, 6) is -0.439. The SMILES string of the molecule is Fc1ccc(C[NH+]2CC[NH+](Cc3ccc(Cl)cc3)C2c2ccc(F)cc2)cc1.